The number of carbonyl (C=O) groups is 1. The van der Waals surface area contributed by atoms with Crippen molar-refractivity contribution >= 4 is 33.1 Å². The third-order valence-corrected chi connectivity index (χ3v) is 7.24. The number of fused-ring (bicyclic) bond motifs is 3. The summed E-state index contributed by atoms with van der Waals surface area (Å²) in [6.07, 6.45) is 4.51. The van der Waals surface area contributed by atoms with Gasteiger partial charge >= 0.3 is 0 Å². The fraction of sp³-hybridized carbons (Fsp3) is 0.458. The molecule has 4 rings (SSSR count). The zero-order valence-corrected chi connectivity index (χ0v) is 19.2. The van der Waals surface area contributed by atoms with Crippen LogP contribution >= 0.6 is 11.3 Å². The van der Waals surface area contributed by atoms with Gasteiger partial charge < -0.3 is 5.32 Å². The van der Waals surface area contributed by atoms with Gasteiger partial charge in [0.25, 0.3) is 5.56 Å². The Bertz CT molecular complexity index is 1160. The molecular formula is C24H29N3O2S. The van der Waals surface area contributed by atoms with Crippen molar-refractivity contribution in [2.45, 2.75) is 60.4 Å². The maximum absolute atomic E-state index is 13.2. The number of nitrogens with zero attached hydrogens (tertiary/aromatic N) is 2. The van der Waals surface area contributed by atoms with Gasteiger partial charge in [-0.15, -0.1) is 11.3 Å². The highest BCUT2D eigenvalue weighted by atomic mass is 32.1. The van der Waals surface area contributed by atoms with Gasteiger partial charge in [0.15, 0.2) is 0 Å². The molecule has 1 aliphatic carbocycles. The number of aromatic nitrogens is 2. The smallest absolute Gasteiger partial charge is 0.262 e. The molecule has 3 aromatic rings. The Kier molecular flexibility index (Phi) is 5.30. The molecule has 2 heterocycles. The minimum Gasteiger partial charge on any atom is -0.325 e. The number of rotatable bonds is 3. The second-order valence-electron chi connectivity index (χ2n) is 9.59. The van der Waals surface area contributed by atoms with E-state index < -0.39 is 0 Å². The third kappa shape index (κ3) is 4.06. The van der Waals surface area contributed by atoms with Crippen LogP contribution in [-0.4, -0.2) is 15.5 Å². The van der Waals surface area contributed by atoms with Crippen molar-refractivity contribution in [3.63, 3.8) is 0 Å². The van der Waals surface area contributed by atoms with Gasteiger partial charge in [0, 0.05) is 10.6 Å². The third-order valence-electron chi connectivity index (χ3n) is 6.08. The molecule has 1 aromatic carbocycles. The first kappa shape index (κ1) is 20.8. The first-order chi connectivity index (χ1) is 14.1. The highest BCUT2D eigenvalue weighted by molar-refractivity contribution is 7.18. The lowest BCUT2D eigenvalue weighted by molar-refractivity contribution is -0.116. The average Bonchev–Trinajstić information content (AvgIpc) is 3.00. The van der Waals surface area contributed by atoms with Crippen molar-refractivity contribution in [2.24, 2.45) is 11.3 Å². The highest BCUT2D eigenvalue weighted by Crippen LogP contribution is 2.41. The quantitative estimate of drug-likeness (QED) is 0.654. The molecule has 2 aromatic heterocycles. The Morgan fingerprint density at radius 3 is 2.60 bits per heavy atom. The number of carbonyl (C=O) groups excluding carboxylic acids is 1. The molecule has 5 nitrogen and oxygen atoms in total. The molecule has 1 aliphatic rings. The predicted octanol–water partition coefficient (Wildman–Crippen LogP) is 4.86. The van der Waals surface area contributed by atoms with Crippen LogP contribution in [0.1, 0.15) is 48.8 Å². The molecule has 0 aliphatic heterocycles. The second kappa shape index (κ2) is 7.65. The minimum atomic E-state index is -0.222. The number of nitrogens with one attached hydrogen (secondary N) is 1. The van der Waals surface area contributed by atoms with Gasteiger partial charge in [-0.25, -0.2) is 4.98 Å². The molecule has 0 saturated heterocycles. The monoisotopic (exact) mass is 423 g/mol. The number of hydrogen-bond acceptors (Lipinski definition) is 4. The maximum atomic E-state index is 13.2. The summed E-state index contributed by atoms with van der Waals surface area (Å²) >= 11 is 1.64. The van der Waals surface area contributed by atoms with Gasteiger partial charge in [-0.1, -0.05) is 26.8 Å². The van der Waals surface area contributed by atoms with E-state index in [9.17, 15) is 9.59 Å². The number of thiophene rings is 1. The molecule has 0 radical (unpaired) electrons. The molecule has 0 bridgehead atoms. The number of amides is 1. The van der Waals surface area contributed by atoms with Crippen LogP contribution in [0.2, 0.25) is 0 Å². The Hall–Kier alpha value is -2.47. The predicted molar refractivity (Wildman–Crippen MR) is 123 cm³/mol. The van der Waals surface area contributed by atoms with E-state index in [1.165, 1.54) is 15.8 Å². The van der Waals surface area contributed by atoms with Gasteiger partial charge in [-0.3, -0.25) is 14.2 Å². The van der Waals surface area contributed by atoms with E-state index in [2.05, 4.69) is 37.1 Å². The van der Waals surface area contributed by atoms with E-state index in [0.29, 0.717) is 11.3 Å². The number of anilines is 1. The molecule has 1 amide bonds. The SMILES string of the molecule is Cc1cc(C)cc(NC(=O)Cn2cnc3sc4c(c3c2=O)CCC(C(C)(C)C)C4)c1. The van der Waals surface area contributed by atoms with Gasteiger partial charge in [0.2, 0.25) is 5.91 Å². The highest BCUT2D eigenvalue weighted by Gasteiger charge is 2.31. The zero-order valence-electron chi connectivity index (χ0n) is 18.3. The molecule has 0 spiro atoms. The molecule has 0 saturated carbocycles. The van der Waals surface area contributed by atoms with Gasteiger partial charge in [-0.05, 0) is 73.3 Å². The zero-order chi connectivity index (χ0) is 21.6. The Morgan fingerprint density at radius 2 is 1.93 bits per heavy atom. The molecule has 0 fully saturated rings. The Labute approximate surface area is 181 Å². The van der Waals surface area contributed by atoms with Gasteiger partial charge in [-0.2, -0.15) is 0 Å². The number of benzene rings is 1. The number of aryl methyl sites for hydroxylation is 3. The average molecular weight is 424 g/mol. The van der Waals surface area contributed by atoms with Crippen molar-refractivity contribution in [1.82, 2.24) is 9.55 Å². The molecule has 1 unspecified atom stereocenters. The van der Waals surface area contributed by atoms with E-state index in [4.69, 9.17) is 0 Å². The fourth-order valence-electron chi connectivity index (χ4n) is 4.46. The molecule has 1 N–H and O–H groups in total. The van der Waals surface area contributed by atoms with Crippen molar-refractivity contribution in [3.05, 3.63) is 56.4 Å². The molecule has 1 atom stereocenters. The standard InChI is InChI=1S/C24H29N3O2S/c1-14-8-15(2)10-17(9-14)26-20(28)12-27-13-25-22-21(23(27)29)18-7-6-16(24(3,4)5)11-19(18)30-22/h8-10,13,16H,6-7,11-12H2,1-5H3,(H,26,28). The summed E-state index contributed by atoms with van der Waals surface area (Å²) in [5.74, 6) is 0.393. The lowest BCUT2D eigenvalue weighted by atomic mass is 9.72. The Balaban J connectivity index is 1.60. The van der Waals surface area contributed by atoms with Crippen molar-refractivity contribution in [3.8, 4) is 0 Å². The largest absolute Gasteiger partial charge is 0.325 e. The summed E-state index contributed by atoms with van der Waals surface area (Å²) in [7, 11) is 0. The van der Waals surface area contributed by atoms with Crippen molar-refractivity contribution in [2.75, 3.05) is 5.32 Å². The van der Waals surface area contributed by atoms with Crippen LogP contribution in [-0.2, 0) is 24.2 Å². The normalized spacial score (nSPS) is 16.5. The van der Waals surface area contributed by atoms with Gasteiger partial charge in [0.05, 0.1) is 11.7 Å². The topological polar surface area (TPSA) is 64.0 Å². The van der Waals surface area contributed by atoms with E-state index in [1.54, 1.807) is 11.3 Å². The summed E-state index contributed by atoms with van der Waals surface area (Å²) < 4.78 is 1.43. The van der Waals surface area contributed by atoms with Crippen LogP contribution in [0.5, 0.6) is 0 Å². The lowest BCUT2D eigenvalue weighted by Gasteiger charge is -2.33. The van der Waals surface area contributed by atoms with Crippen LogP contribution in [0.4, 0.5) is 5.69 Å². The van der Waals surface area contributed by atoms with Gasteiger partial charge in [0.1, 0.15) is 11.4 Å². The minimum absolute atomic E-state index is 0.0377. The van der Waals surface area contributed by atoms with E-state index in [1.807, 2.05) is 26.0 Å². The molecule has 30 heavy (non-hydrogen) atoms. The van der Waals surface area contributed by atoms with Crippen LogP contribution in [0.25, 0.3) is 10.2 Å². The van der Waals surface area contributed by atoms with Crippen molar-refractivity contribution in [1.29, 1.82) is 0 Å². The number of hydrogen-bond donors (Lipinski definition) is 1. The Morgan fingerprint density at radius 1 is 1.23 bits per heavy atom. The lowest BCUT2D eigenvalue weighted by Crippen LogP contribution is -2.29. The van der Waals surface area contributed by atoms with E-state index in [-0.39, 0.29) is 23.4 Å². The first-order valence-corrected chi connectivity index (χ1v) is 11.3. The summed E-state index contributed by atoms with van der Waals surface area (Å²) in [5, 5.41) is 3.61. The summed E-state index contributed by atoms with van der Waals surface area (Å²) in [4.78, 5) is 32.4. The van der Waals surface area contributed by atoms with Crippen molar-refractivity contribution < 1.29 is 4.79 Å². The summed E-state index contributed by atoms with van der Waals surface area (Å²) in [6, 6.07) is 5.91. The molecule has 158 valence electrons. The van der Waals surface area contributed by atoms with Crippen LogP contribution in [0, 0.1) is 25.2 Å². The summed E-state index contributed by atoms with van der Waals surface area (Å²) in [6.45, 7) is 10.8. The van der Waals surface area contributed by atoms with E-state index in [0.717, 1.165) is 46.5 Å². The van der Waals surface area contributed by atoms with E-state index >= 15 is 0 Å². The molecular weight excluding hydrogens is 394 g/mol. The van der Waals surface area contributed by atoms with Crippen LogP contribution in [0.3, 0.4) is 0 Å². The fourth-order valence-corrected chi connectivity index (χ4v) is 5.71. The summed E-state index contributed by atoms with van der Waals surface area (Å²) in [5.41, 5.74) is 4.22. The second-order valence-corrected chi connectivity index (χ2v) is 10.7. The maximum Gasteiger partial charge on any atom is 0.262 e. The first-order valence-electron chi connectivity index (χ1n) is 10.5. The van der Waals surface area contributed by atoms with Crippen LogP contribution < -0.4 is 10.9 Å². The van der Waals surface area contributed by atoms with Crippen LogP contribution in [0.15, 0.2) is 29.3 Å². The molecule has 6 heteroatoms.